The minimum absolute atomic E-state index is 0.293. The molecule has 44 heavy (non-hydrogen) atoms. The molecular weight excluding hydrogens is 561 g/mol. The first-order valence-corrected chi connectivity index (χ1v) is 14.0. The predicted molar refractivity (Wildman–Crippen MR) is 163 cm³/mol. The number of aromatic amines is 1. The number of aromatic nitrogens is 7. The summed E-state index contributed by atoms with van der Waals surface area (Å²) in [6.45, 7) is 8.95. The minimum Gasteiger partial charge on any atom is -0.456 e. The van der Waals surface area contributed by atoms with Gasteiger partial charge in [-0.15, -0.1) is 10.2 Å². The molecule has 0 fully saturated rings. The van der Waals surface area contributed by atoms with Crippen LogP contribution in [0.2, 0.25) is 0 Å². The maximum Gasteiger partial charge on any atom is 0.276 e. The Morgan fingerprint density at radius 3 is 2.50 bits per heavy atom. The lowest BCUT2D eigenvalue weighted by atomic mass is 9.93. The fourth-order valence-electron chi connectivity index (χ4n) is 5.38. The molecule has 0 atom stereocenters. The van der Waals surface area contributed by atoms with Gasteiger partial charge in [-0.05, 0) is 93.8 Å². The topological polar surface area (TPSA) is 127 Å². The van der Waals surface area contributed by atoms with E-state index < -0.39 is 5.60 Å². The van der Waals surface area contributed by atoms with Crippen molar-refractivity contribution in [2.24, 2.45) is 0 Å². The Morgan fingerprint density at radius 1 is 0.977 bits per heavy atom. The molecule has 7 aromatic rings. The van der Waals surface area contributed by atoms with Gasteiger partial charge in [0.25, 0.3) is 5.89 Å². The summed E-state index contributed by atoms with van der Waals surface area (Å²) in [5, 5.41) is 24.7. The first-order chi connectivity index (χ1) is 21.1. The molecule has 0 saturated carbocycles. The van der Waals surface area contributed by atoms with Crippen molar-refractivity contribution in [2.75, 3.05) is 0 Å². The van der Waals surface area contributed by atoms with Crippen molar-refractivity contribution < 1.29 is 18.8 Å². The standard InChI is InChI=1S/C33H28FN7O3/c1-17-12-21(34)13-18(2)29(17)43-27-10-9-20(33(4,5)42)14-22(27)24-16-41-19(3)38-39-31(41)28-23(24)15-26(36-28)30-37-32(44-40-30)25-8-6-7-11-35-25/h6-16,36,42H,1-5H3. The molecule has 0 bridgehead atoms. The zero-order chi connectivity index (χ0) is 30.7. The average Bonchev–Trinajstić information content (AvgIpc) is 3.73. The van der Waals surface area contributed by atoms with Crippen molar-refractivity contribution in [2.45, 2.75) is 40.2 Å². The first-order valence-electron chi connectivity index (χ1n) is 14.0. The van der Waals surface area contributed by atoms with E-state index in [9.17, 15) is 9.50 Å². The number of aryl methyl sites for hydroxylation is 3. The van der Waals surface area contributed by atoms with E-state index in [2.05, 4.69) is 30.3 Å². The van der Waals surface area contributed by atoms with Crippen LogP contribution < -0.4 is 4.74 Å². The number of hydrogen-bond acceptors (Lipinski definition) is 8. The average molecular weight is 590 g/mol. The number of ether oxygens (including phenoxy) is 1. The number of fused-ring (bicyclic) bond motifs is 3. The van der Waals surface area contributed by atoms with E-state index in [1.807, 2.05) is 67.8 Å². The Kier molecular flexibility index (Phi) is 6.29. The van der Waals surface area contributed by atoms with Crippen LogP contribution in [0.15, 0.2) is 71.5 Å². The highest BCUT2D eigenvalue weighted by Gasteiger charge is 2.24. The Morgan fingerprint density at radius 2 is 1.77 bits per heavy atom. The Bertz CT molecular complexity index is 2170. The van der Waals surface area contributed by atoms with Crippen LogP contribution in [0.3, 0.4) is 0 Å². The summed E-state index contributed by atoms with van der Waals surface area (Å²) in [5.41, 5.74) is 4.88. The fourth-order valence-corrected chi connectivity index (χ4v) is 5.38. The van der Waals surface area contributed by atoms with Gasteiger partial charge in [0, 0.05) is 28.9 Å². The van der Waals surface area contributed by atoms with Gasteiger partial charge in [-0.3, -0.25) is 9.38 Å². The lowest BCUT2D eigenvalue weighted by Crippen LogP contribution is -2.15. The maximum atomic E-state index is 14.1. The molecule has 0 unspecified atom stereocenters. The zero-order valence-electron chi connectivity index (χ0n) is 24.7. The molecule has 220 valence electrons. The van der Waals surface area contributed by atoms with Crippen LogP contribution in [-0.2, 0) is 5.60 Å². The van der Waals surface area contributed by atoms with Crippen LogP contribution in [0.25, 0.3) is 50.8 Å². The predicted octanol–water partition coefficient (Wildman–Crippen LogP) is 7.07. The monoisotopic (exact) mass is 589 g/mol. The van der Waals surface area contributed by atoms with Crippen molar-refractivity contribution >= 4 is 16.6 Å². The second kappa shape index (κ2) is 10.1. The van der Waals surface area contributed by atoms with Crippen LogP contribution in [0.1, 0.15) is 36.4 Å². The minimum atomic E-state index is -1.12. The van der Waals surface area contributed by atoms with Crippen molar-refractivity contribution in [3.8, 4) is 45.7 Å². The van der Waals surface area contributed by atoms with E-state index >= 15 is 0 Å². The highest BCUT2D eigenvalue weighted by Crippen LogP contribution is 2.42. The second-order valence-electron chi connectivity index (χ2n) is 11.3. The first kappa shape index (κ1) is 27.4. The van der Waals surface area contributed by atoms with E-state index in [1.165, 1.54) is 12.1 Å². The summed E-state index contributed by atoms with van der Waals surface area (Å²) in [6, 6.07) is 15.8. The summed E-state index contributed by atoms with van der Waals surface area (Å²) in [6.07, 6.45) is 3.61. The van der Waals surface area contributed by atoms with E-state index in [0.29, 0.717) is 73.8 Å². The number of H-pyrrole nitrogens is 1. The number of nitrogens with zero attached hydrogens (tertiary/aromatic N) is 6. The molecule has 2 N–H and O–H groups in total. The molecule has 0 amide bonds. The third-order valence-electron chi connectivity index (χ3n) is 7.62. The molecule has 11 heteroatoms. The SMILES string of the molecule is Cc1cc(F)cc(C)c1Oc1ccc(C(C)(C)O)cc1-c1cn2c(C)nnc2c2[nH]c(-c3noc(-c4ccccn4)n3)cc12. The lowest BCUT2D eigenvalue weighted by Gasteiger charge is -2.22. The van der Waals surface area contributed by atoms with Gasteiger partial charge in [-0.2, -0.15) is 4.98 Å². The van der Waals surface area contributed by atoms with E-state index in [4.69, 9.17) is 9.26 Å². The number of nitrogens with one attached hydrogen (secondary N) is 1. The van der Waals surface area contributed by atoms with Crippen LogP contribution in [0.5, 0.6) is 11.5 Å². The number of hydrogen-bond donors (Lipinski definition) is 2. The summed E-state index contributed by atoms with van der Waals surface area (Å²) in [4.78, 5) is 12.3. The van der Waals surface area contributed by atoms with Gasteiger partial charge in [0.1, 0.15) is 28.8 Å². The van der Waals surface area contributed by atoms with E-state index in [-0.39, 0.29) is 5.82 Å². The molecule has 10 nitrogen and oxygen atoms in total. The van der Waals surface area contributed by atoms with Crippen molar-refractivity contribution in [3.05, 3.63) is 95.3 Å². The van der Waals surface area contributed by atoms with Crippen LogP contribution in [-0.4, -0.2) is 39.8 Å². The maximum absolute atomic E-state index is 14.1. The summed E-state index contributed by atoms with van der Waals surface area (Å²) >= 11 is 0. The molecule has 0 aliphatic heterocycles. The molecular formula is C33H28FN7O3. The van der Waals surface area contributed by atoms with Gasteiger partial charge < -0.3 is 19.4 Å². The van der Waals surface area contributed by atoms with Crippen LogP contribution in [0.4, 0.5) is 4.39 Å². The van der Waals surface area contributed by atoms with E-state index in [1.54, 1.807) is 26.1 Å². The number of rotatable bonds is 6. The van der Waals surface area contributed by atoms with Gasteiger partial charge in [0.2, 0.25) is 5.82 Å². The molecule has 0 aliphatic rings. The molecule has 0 aliphatic carbocycles. The molecule has 0 radical (unpaired) electrons. The summed E-state index contributed by atoms with van der Waals surface area (Å²) in [7, 11) is 0. The Hall–Kier alpha value is -5.42. The number of halogens is 1. The Labute approximate surface area is 251 Å². The van der Waals surface area contributed by atoms with Crippen molar-refractivity contribution in [1.82, 2.24) is 34.7 Å². The molecule has 0 saturated heterocycles. The van der Waals surface area contributed by atoms with Gasteiger partial charge in [0.05, 0.1) is 16.8 Å². The molecule has 7 rings (SSSR count). The molecule has 0 spiro atoms. The lowest BCUT2D eigenvalue weighted by molar-refractivity contribution is 0.0786. The number of benzene rings is 2. The number of aliphatic hydroxyl groups is 1. The highest BCUT2D eigenvalue weighted by atomic mass is 19.1. The third-order valence-corrected chi connectivity index (χ3v) is 7.62. The van der Waals surface area contributed by atoms with Crippen molar-refractivity contribution in [1.29, 1.82) is 0 Å². The van der Waals surface area contributed by atoms with Gasteiger partial charge >= 0.3 is 0 Å². The second-order valence-corrected chi connectivity index (χ2v) is 11.3. The summed E-state index contributed by atoms with van der Waals surface area (Å²) < 4.78 is 28.1. The van der Waals surface area contributed by atoms with Crippen LogP contribution in [0, 0.1) is 26.6 Å². The largest absolute Gasteiger partial charge is 0.456 e. The highest BCUT2D eigenvalue weighted by molar-refractivity contribution is 6.04. The third kappa shape index (κ3) is 4.67. The fraction of sp³-hybridized carbons (Fsp3) is 0.182. The smallest absolute Gasteiger partial charge is 0.276 e. The molecule has 5 heterocycles. The van der Waals surface area contributed by atoms with Crippen molar-refractivity contribution in [3.63, 3.8) is 0 Å². The van der Waals surface area contributed by atoms with Gasteiger partial charge in [0.15, 0.2) is 5.65 Å². The molecule has 2 aromatic carbocycles. The van der Waals surface area contributed by atoms with Crippen LogP contribution >= 0.6 is 0 Å². The van der Waals surface area contributed by atoms with Gasteiger partial charge in [-0.25, -0.2) is 4.39 Å². The quantitative estimate of drug-likeness (QED) is 0.211. The van der Waals surface area contributed by atoms with Gasteiger partial charge in [-0.1, -0.05) is 17.3 Å². The van der Waals surface area contributed by atoms with E-state index in [0.717, 1.165) is 10.9 Å². The Balaban J connectivity index is 1.46. The zero-order valence-corrected chi connectivity index (χ0v) is 24.7. The summed E-state index contributed by atoms with van der Waals surface area (Å²) in [5.74, 6) is 2.09. The normalized spacial score (nSPS) is 12.0. The number of pyridine rings is 2. The molecule has 5 aromatic heterocycles.